The van der Waals surface area contributed by atoms with Crippen molar-refractivity contribution in [2.45, 2.75) is 13.0 Å². The van der Waals surface area contributed by atoms with Gasteiger partial charge in [-0.1, -0.05) is 0 Å². The Kier molecular flexibility index (Phi) is 2.51. The topological polar surface area (TPSA) is 66.5 Å². The predicted molar refractivity (Wildman–Crippen MR) is 58.3 cm³/mol. The Bertz CT molecular complexity index is 526. The zero-order chi connectivity index (χ0) is 10.8. The minimum atomic E-state index is -0.232. The van der Waals surface area contributed by atoms with Gasteiger partial charge in [0.2, 0.25) is 0 Å². The van der Waals surface area contributed by atoms with Crippen LogP contribution in [0.4, 0.5) is 0 Å². The lowest BCUT2D eigenvalue weighted by atomic mass is 10.1. The fourth-order valence-electron chi connectivity index (χ4n) is 1.46. The van der Waals surface area contributed by atoms with Crippen LogP contribution >= 0.6 is 12.2 Å². The van der Waals surface area contributed by atoms with Crippen molar-refractivity contribution in [3.05, 3.63) is 45.3 Å². The van der Waals surface area contributed by atoms with Gasteiger partial charge < -0.3 is 0 Å². The summed E-state index contributed by atoms with van der Waals surface area (Å²) in [5.74, 6) is 0. The van der Waals surface area contributed by atoms with E-state index in [1.165, 1.54) is 4.57 Å². The SMILES string of the molecule is CC(c1ccncc1)n1c(=O)[nH][nH]c1=S. The molecule has 0 fully saturated rings. The first-order valence-corrected chi connectivity index (χ1v) is 4.90. The number of H-pyrrole nitrogens is 2. The highest BCUT2D eigenvalue weighted by molar-refractivity contribution is 7.71. The van der Waals surface area contributed by atoms with E-state index in [1.807, 2.05) is 19.1 Å². The van der Waals surface area contributed by atoms with E-state index in [4.69, 9.17) is 12.2 Å². The van der Waals surface area contributed by atoms with Crippen LogP contribution < -0.4 is 5.69 Å². The molecule has 0 saturated heterocycles. The first kappa shape index (κ1) is 9.85. The van der Waals surface area contributed by atoms with E-state index in [-0.39, 0.29) is 11.7 Å². The number of nitrogens with zero attached hydrogens (tertiary/aromatic N) is 2. The third kappa shape index (κ3) is 1.75. The molecule has 2 N–H and O–H groups in total. The summed E-state index contributed by atoms with van der Waals surface area (Å²) < 4.78 is 1.88. The van der Waals surface area contributed by atoms with Crippen molar-refractivity contribution in [3.8, 4) is 0 Å². The quantitative estimate of drug-likeness (QED) is 0.751. The highest BCUT2D eigenvalue weighted by Gasteiger charge is 2.11. The third-order valence-electron chi connectivity index (χ3n) is 2.29. The molecule has 1 atom stereocenters. The molecule has 78 valence electrons. The second kappa shape index (κ2) is 3.82. The van der Waals surface area contributed by atoms with Gasteiger partial charge in [0.1, 0.15) is 0 Å². The third-order valence-corrected chi connectivity index (χ3v) is 2.59. The van der Waals surface area contributed by atoms with Crippen LogP contribution in [0.25, 0.3) is 0 Å². The van der Waals surface area contributed by atoms with Gasteiger partial charge in [-0.25, -0.2) is 9.89 Å². The van der Waals surface area contributed by atoms with Crippen molar-refractivity contribution in [1.29, 1.82) is 0 Å². The minimum absolute atomic E-state index is 0.101. The minimum Gasteiger partial charge on any atom is -0.272 e. The molecule has 0 spiro atoms. The second-order valence-corrected chi connectivity index (χ2v) is 3.57. The number of hydrogen-bond acceptors (Lipinski definition) is 3. The standard InChI is InChI=1S/C9H10N4OS/c1-6(7-2-4-10-5-3-7)13-8(14)11-12-9(13)15/h2-6H,1H3,(H,11,14)(H,12,15). The Balaban J connectivity index is 2.50. The summed E-state index contributed by atoms with van der Waals surface area (Å²) in [6.45, 7) is 1.91. The van der Waals surface area contributed by atoms with Gasteiger partial charge in [-0.15, -0.1) is 0 Å². The molecule has 0 aromatic carbocycles. The van der Waals surface area contributed by atoms with Gasteiger partial charge in [0.25, 0.3) is 0 Å². The van der Waals surface area contributed by atoms with Crippen LogP contribution in [0.3, 0.4) is 0 Å². The molecular formula is C9H10N4OS. The van der Waals surface area contributed by atoms with E-state index >= 15 is 0 Å². The largest absolute Gasteiger partial charge is 0.342 e. The molecule has 1 unspecified atom stereocenters. The fourth-order valence-corrected chi connectivity index (χ4v) is 1.75. The first-order chi connectivity index (χ1) is 7.20. The van der Waals surface area contributed by atoms with Crippen LogP contribution in [0.5, 0.6) is 0 Å². The Hall–Kier alpha value is -1.69. The number of hydrogen-bond donors (Lipinski definition) is 2. The Labute approximate surface area is 90.8 Å². The van der Waals surface area contributed by atoms with Gasteiger partial charge in [-0.3, -0.25) is 14.6 Å². The van der Waals surface area contributed by atoms with Crippen LogP contribution in [0.2, 0.25) is 0 Å². The van der Waals surface area contributed by atoms with Crippen LogP contribution in [0.1, 0.15) is 18.5 Å². The maximum atomic E-state index is 11.4. The van der Waals surface area contributed by atoms with E-state index in [1.54, 1.807) is 12.4 Å². The van der Waals surface area contributed by atoms with E-state index in [0.29, 0.717) is 4.77 Å². The van der Waals surface area contributed by atoms with Crippen molar-refractivity contribution >= 4 is 12.2 Å². The van der Waals surface area contributed by atoms with Crippen LogP contribution in [-0.4, -0.2) is 19.7 Å². The molecule has 0 radical (unpaired) electrons. The number of nitrogens with one attached hydrogen (secondary N) is 2. The molecule has 0 saturated carbocycles. The average Bonchev–Trinajstić information content (AvgIpc) is 2.59. The molecule has 2 aromatic heterocycles. The average molecular weight is 222 g/mol. The van der Waals surface area contributed by atoms with E-state index in [0.717, 1.165) is 5.56 Å². The normalized spacial score (nSPS) is 12.6. The van der Waals surface area contributed by atoms with E-state index in [9.17, 15) is 4.79 Å². The zero-order valence-electron chi connectivity index (χ0n) is 8.10. The van der Waals surface area contributed by atoms with Gasteiger partial charge in [-0.05, 0) is 36.8 Å². The van der Waals surface area contributed by atoms with Gasteiger partial charge in [0.15, 0.2) is 4.77 Å². The molecule has 0 aliphatic carbocycles. The highest BCUT2D eigenvalue weighted by atomic mass is 32.1. The van der Waals surface area contributed by atoms with E-state index in [2.05, 4.69) is 15.2 Å². The molecule has 0 aliphatic rings. The van der Waals surface area contributed by atoms with Crippen molar-refractivity contribution in [1.82, 2.24) is 19.7 Å². The van der Waals surface area contributed by atoms with Crippen molar-refractivity contribution in [3.63, 3.8) is 0 Å². The van der Waals surface area contributed by atoms with Gasteiger partial charge in [-0.2, -0.15) is 0 Å². The monoisotopic (exact) mass is 222 g/mol. The summed E-state index contributed by atoms with van der Waals surface area (Å²) in [5.41, 5.74) is 0.760. The summed E-state index contributed by atoms with van der Waals surface area (Å²) in [7, 11) is 0. The highest BCUT2D eigenvalue weighted by Crippen LogP contribution is 2.14. The lowest BCUT2D eigenvalue weighted by Crippen LogP contribution is -2.21. The smallest absolute Gasteiger partial charge is 0.272 e. The van der Waals surface area contributed by atoms with Gasteiger partial charge in [0.05, 0.1) is 6.04 Å². The molecule has 6 heteroatoms. The van der Waals surface area contributed by atoms with Crippen molar-refractivity contribution in [2.24, 2.45) is 0 Å². The zero-order valence-corrected chi connectivity index (χ0v) is 8.91. The number of pyridine rings is 1. The molecule has 2 aromatic rings. The molecule has 0 aliphatic heterocycles. The molecule has 0 amide bonds. The Morgan fingerprint density at radius 1 is 1.40 bits per heavy atom. The Morgan fingerprint density at radius 3 is 2.60 bits per heavy atom. The first-order valence-electron chi connectivity index (χ1n) is 4.49. The van der Waals surface area contributed by atoms with E-state index < -0.39 is 0 Å². The maximum absolute atomic E-state index is 11.4. The van der Waals surface area contributed by atoms with Crippen LogP contribution in [0, 0.1) is 4.77 Å². The summed E-state index contributed by atoms with van der Waals surface area (Å²) in [4.78, 5) is 15.4. The van der Waals surface area contributed by atoms with Gasteiger partial charge in [0, 0.05) is 12.4 Å². The van der Waals surface area contributed by atoms with Gasteiger partial charge >= 0.3 is 5.69 Å². The second-order valence-electron chi connectivity index (χ2n) is 3.19. The van der Waals surface area contributed by atoms with Crippen LogP contribution in [-0.2, 0) is 0 Å². The van der Waals surface area contributed by atoms with Crippen LogP contribution in [0.15, 0.2) is 29.3 Å². The molecular weight excluding hydrogens is 212 g/mol. The predicted octanol–water partition coefficient (Wildman–Crippen LogP) is 1.24. The molecule has 2 rings (SSSR count). The molecule has 2 heterocycles. The molecule has 15 heavy (non-hydrogen) atoms. The molecule has 5 nitrogen and oxygen atoms in total. The fraction of sp³-hybridized carbons (Fsp3) is 0.222. The van der Waals surface area contributed by atoms with Crippen molar-refractivity contribution < 1.29 is 0 Å². The Morgan fingerprint density at radius 2 is 2.07 bits per heavy atom. The molecule has 0 bridgehead atoms. The number of rotatable bonds is 2. The van der Waals surface area contributed by atoms with Crippen molar-refractivity contribution in [2.75, 3.05) is 0 Å². The summed E-state index contributed by atoms with van der Waals surface area (Å²) in [5, 5.41) is 5.06. The summed E-state index contributed by atoms with van der Waals surface area (Å²) in [6, 6.07) is 3.62. The number of aromatic amines is 2. The summed E-state index contributed by atoms with van der Waals surface area (Å²) in [6.07, 6.45) is 3.38. The maximum Gasteiger partial charge on any atom is 0.342 e. The number of aromatic nitrogens is 4. The lowest BCUT2D eigenvalue weighted by Gasteiger charge is -2.10. The summed E-state index contributed by atoms with van der Waals surface area (Å²) >= 11 is 5.01. The lowest BCUT2D eigenvalue weighted by molar-refractivity contribution is 0.608.